The Morgan fingerprint density at radius 1 is 1.19 bits per heavy atom. The second-order valence-electron chi connectivity index (χ2n) is 6.05. The van der Waals surface area contributed by atoms with Crippen molar-refractivity contribution in [2.75, 3.05) is 6.61 Å². The summed E-state index contributed by atoms with van der Waals surface area (Å²) in [5.74, 6) is -0.409. The number of H-pyrrole nitrogens is 1. The van der Waals surface area contributed by atoms with Crippen LogP contribution in [0, 0.1) is 13.8 Å². The molecule has 1 aromatic heterocycles. The van der Waals surface area contributed by atoms with E-state index in [0.29, 0.717) is 33.8 Å². The molecule has 0 fully saturated rings. The number of aryl methyl sites for hydroxylation is 1. The number of carbonyl (C=O) groups is 3. The fourth-order valence-electron chi connectivity index (χ4n) is 2.90. The van der Waals surface area contributed by atoms with E-state index in [1.54, 1.807) is 45.9 Å². The number of rotatable bonds is 7. The van der Waals surface area contributed by atoms with Gasteiger partial charge in [0.2, 0.25) is 5.78 Å². The van der Waals surface area contributed by atoms with Crippen molar-refractivity contribution in [3.8, 4) is 5.75 Å². The van der Waals surface area contributed by atoms with Gasteiger partial charge in [0.25, 0.3) is 0 Å². The number of hydrogen-bond acceptors (Lipinski definition) is 5. The number of aromatic amines is 1. The Morgan fingerprint density at radius 3 is 2.46 bits per heavy atom. The first-order valence-electron chi connectivity index (χ1n) is 8.44. The summed E-state index contributed by atoms with van der Waals surface area (Å²) in [7, 11) is 0. The molecule has 0 spiro atoms. The molecule has 0 radical (unpaired) electrons. The van der Waals surface area contributed by atoms with Gasteiger partial charge in [-0.3, -0.25) is 9.59 Å². The highest BCUT2D eigenvalue weighted by Crippen LogP contribution is 2.22. The first-order chi connectivity index (χ1) is 12.3. The predicted octanol–water partition coefficient (Wildman–Crippen LogP) is 3.66. The number of nitrogens with one attached hydrogen (secondary N) is 1. The van der Waals surface area contributed by atoms with Crippen LogP contribution in [0.4, 0.5) is 0 Å². The van der Waals surface area contributed by atoms with Crippen LogP contribution in [0.2, 0.25) is 0 Å². The molecule has 2 rings (SSSR count). The first kappa shape index (κ1) is 19.4. The molecule has 0 unspecified atom stereocenters. The number of benzene rings is 1. The van der Waals surface area contributed by atoms with E-state index >= 15 is 0 Å². The number of aromatic nitrogens is 1. The molecule has 6 nitrogen and oxygen atoms in total. The van der Waals surface area contributed by atoms with Crippen molar-refractivity contribution in [1.82, 2.24) is 4.98 Å². The topological polar surface area (TPSA) is 85.5 Å². The zero-order chi connectivity index (χ0) is 19.4. The molecule has 1 N–H and O–H groups in total. The lowest BCUT2D eigenvalue weighted by Gasteiger charge is -2.14. The van der Waals surface area contributed by atoms with Crippen LogP contribution >= 0.6 is 0 Å². The molecule has 0 aliphatic heterocycles. The lowest BCUT2D eigenvalue weighted by atomic mass is 10.0. The molecule has 0 aliphatic carbocycles. The summed E-state index contributed by atoms with van der Waals surface area (Å²) >= 11 is 0. The average Bonchev–Trinajstić information content (AvgIpc) is 2.89. The molecule has 0 saturated heterocycles. The van der Waals surface area contributed by atoms with Gasteiger partial charge in [-0.05, 0) is 58.4 Å². The first-order valence-corrected chi connectivity index (χ1v) is 8.44. The summed E-state index contributed by atoms with van der Waals surface area (Å²) in [5, 5.41) is 0. The Hall–Kier alpha value is -2.89. The molecule has 0 bridgehead atoms. The summed E-state index contributed by atoms with van der Waals surface area (Å²) in [5.41, 5.74) is 2.53. The Labute approximate surface area is 152 Å². The number of ketones is 2. The van der Waals surface area contributed by atoms with E-state index in [1.165, 1.54) is 13.0 Å². The molecule has 6 heteroatoms. The SMILES string of the molecule is CCOC(=O)c1cccc(O[C@@H](C)C(=O)c2[nH]c(C)c(C(C)=O)c2C)c1. The van der Waals surface area contributed by atoms with Gasteiger partial charge in [0, 0.05) is 11.3 Å². The maximum absolute atomic E-state index is 12.7. The third-order valence-corrected chi connectivity index (χ3v) is 4.06. The van der Waals surface area contributed by atoms with Crippen LogP contribution in [0.5, 0.6) is 5.75 Å². The minimum atomic E-state index is -0.788. The van der Waals surface area contributed by atoms with E-state index in [2.05, 4.69) is 4.98 Å². The lowest BCUT2D eigenvalue weighted by molar-refractivity contribution is 0.0525. The maximum atomic E-state index is 12.7. The van der Waals surface area contributed by atoms with Crippen LogP contribution in [0.15, 0.2) is 24.3 Å². The number of Topliss-reactive ketones (excluding diaryl/α,β-unsaturated/α-hetero) is 2. The fourth-order valence-corrected chi connectivity index (χ4v) is 2.90. The van der Waals surface area contributed by atoms with Crippen LogP contribution in [-0.2, 0) is 4.74 Å². The van der Waals surface area contributed by atoms with Gasteiger partial charge < -0.3 is 14.5 Å². The van der Waals surface area contributed by atoms with Crippen molar-refractivity contribution in [2.24, 2.45) is 0 Å². The van der Waals surface area contributed by atoms with Crippen molar-refractivity contribution in [1.29, 1.82) is 0 Å². The van der Waals surface area contributed by atoms with Crippen molar-refractivity contribution in [3.63, 3.8) is 0 Å². The van der Waals surface area contributed by atoms with Gasteiger partial charge in [-0.1, -0.05) is 6.07 Å². The standard InChI is InChI=1S/C20H23NO5/c1-6-25-20(24)15-8-7-9-16(10-15)26-14(5)19(23)18-11(2)17(13(4)22)12(3)21-18/h7-10,14,21H,6H2,1-5H3/t14-/m0/s1. The van der Waals surface area contributed by atoms with E-state index in [1.807, 2.05) is 0 Å². The molecule has 0 amide bonds. The van der Waals surface area contributed by atoms with Gasteiger partial charge in [0.1, 0.15) is 5.75 Å². The van der Waals surface area contributed by atoms with Gasteiger partial charge in [0.05, 0.1) is 17.9 Å². The van der Waals surface area contributed by atoms with Crippen LogP contribution in [0.1, 0.15) is 63.2 Å². The highest BCUT2D eigenvalue weighted by atomic mass is 16.5. The van der Waals surface area contributed by atoms with Crippen molar-refractivity contribution in [3.05, 3.63) is 52.3 Å². The van der Waals surface area contributed by atoms with Gasteiger partial charge in [-0.25, -0.2) is 4.79 Å². The van der Waals surface area contributed by atoms with Crippen LogP contribution < -0.4 is 4.74 Å². The summed E-state index contributed by atoms with van der Waals surface area (Å²) in [6.45, 7) is 8.61. The van der Waals surface area contributed by atoms with Crippen molar-refractivity contribution < 1.29 is 23.9 Å². The van der Waals surface area contributed by atoms with E-state index in [-0.39, 0.29) is 18.2 Å². The molecular weight excluding hydrogens is 334 g/mol. The van der Waals surface area contributed by atoms with Crippen LogP contribution in [-0.4, -0.2) is 35.2 Å². The molecular formula is C20H23NO5. The zero-order valence-electron chi connectivity index (χ0n) is 15.6. The monoisotopic (exact) mass is 357 g/mol. The third kappa shape index (κ3) is 4.02. The molecule has 138 valence electrons. The Bertz CT molecular complexity index is 850. The normalized spacial score (nSPS) is 11.7. The Morgan fingerprint density at radius 2 is 1.88 bits per heavy atom. The quantitative estimate of drug-likeness (QED) is 0.604. The third-order valence-electron chi connectivity index (χ3n) is 4.06. The summed E-state index contributed by atoms with van der Waals surface area (Å²) < 4.78 is 10.7. The van der Waals surface area contributed by atoms with Gasteiger partial charge in [-0.2, -0.15) is 0 Å². The van der Waals surface area contributed by atoms with Gasteiger partial charge in [0.15, 0.2) is 11.9 Å². The fraction of sp³-hybridized carbons (Fsp3) is 0.350. The minimum Gasteiger partial charge on any atom is -0.482 e. The largest absolute Gasteiger partial charge is 0.482 e. The number of carbonyl (C=O) groups excluding carboxylic acids is 3. The molecule has 1 atom stereocenters. The van der Waals surface area contributed by atoms with E-state index < -0.39 is 12.1 Å². The minimum absolute atomic E-state index is 0.0917. The molecule has 0 aliphatic rings. The average molecular weight is 357 g/mol. The molecule has 0 saturated carbocycles. The molecule has 1 aromatic carbocycles. The lowest BCUT2D eigenvalue weighted by Crippen LogP contribution is -2.25. The number of ether oxygens (including phenoxy) is 2. The smallest absolute Gasteiger partial charge is 0.338 e. The van der Waals surface area contributed by atoms with Crippen molar-refractivity contribution >= 4 is 17.5 Å². The number of hydrogen-bond donors (Lipinski definition) is 1. The summed E-state index contributed by atoms with van der Waals surface area (Å²) in [6, 6.07) is 6.49. The maximum Gasteiger partial charge on any atom is 0.338 e. The highest BCUT2D eigenvalue weighted by Gasteiger charge is 2.25. The number of esters is 1. The second-order valence-corrected chi connectivity index (χ2v) is 6.05. The molecule has 26 heavy (non-hydrogen) atoms. The van der Waals surface area contributed by atoms with Gasteiger partial charge >= 0.3 is 5.97 Å². The second kappa shape index (κ2) is 7.99. The van der Waals surface area contributed by atoms with E-state index in [4.69, 9.17) is 9.47 Å². The van der Waals surface area contributed by atoms with E-state index in [0.717, 1.165) is 0 Å². The Kier molecular flexibility index (Phi) is 5.97. The molecule has 2 aromatic rings. The van der Waals surface area contributed by atoms with Crippen molar-refractivity contribution in [2.45, 2.75) is 40.7 Å². The van der Waals surface area contributed by atoms with Crippen LogP contribution in [0.25, 0.3) is 0 Å². The van der Waals surface area contributed by atoms with E-state index in [9.17, 15) is 14.4 Å². The molecule has 1 heterocycles. The highest BCUT2D eigenvalue weighted by molar-refractivity contribution is 6.04. The predicted molar refractivity (Wildman–Crippen MR) is 97.1 cm³/mol. The summed E-state index contributed by atoms with van der Waals surface area (Å²) in [6.07, 6.45) is -0.788. The van der Waals surface area contributed by atoms with Gasteiger partial charge in [-0.15, -0.1) is 0 Å². The Balaban J connectivity index is 2.20. The zero-order valence-corrected chi connectivity index (χ0v) is 15.6. The summed E-state index contributed by atoms with van der Waals surface area (Å²) in [4.78, 5) is 39.2. The van der Waals surface area contributed by atoms with Crippen LogP contribution in [0.3, 0.4) is 0 Å².